The lowest BCUT2D eigenvalue weighted by molar-refractivity contribution is 0.0596. The zero-order chi connectivity index (χ0) is 19.7. The van der Waals surface area contributed by atoms with Crippen molar-refractivity contribution in [3.63, 3.8) is 0 Å². The number of hydrogen-bond acceptors (Lipinski definition) is 2. The number of fused-ring (bicyclic) bond motifs is 2. The highest BCUT2D eigenvalue weighted by Gasteiger charge is 2.35. The molecule has 0 aliphatic heterocycles. The molecule has 2 unspecified atom stereocenters. The van der Waals surface area contributed by atoms with Crippen molar-refractivity contribution in [2.24, 2.45) is 17.8 Å². The van der Waals surface area contributed by atoms with Crippen molar-refractivity contribution in [2.75, 3.05) is 7.11 Å². The fourth-order valence-electron chi connectivity index (χ4n) is 5.79. The van der Waals surface area contributed by atoms with Gasteiger partial charge in [-0.3, -0.25) is 0 Å². The highest BCUT2D eigenvalue weighted by molar-refractivity contribution is 5.96. The molecule has 2 aliphatic rings. The van der Waals surface area contributed by atoms with E-state index in [0.29, 0.717) is 11.3 Å². The van der Waals surface area contributed by atoms with Gasteiger partial charge < -0.3 is 4.74 Å². The van der Waals surface area contributed by atoms with E-state index in [9.17, 15) is 9.18 Å². The van der Waals surface area contributed by atoms with Crippen LogP contribution in [0, 0.1) is 23.6 Å². The number of benzene rings is 2. The fourth-order valence-corrected chi connectivity index (χ4v) is 5.79. The molecule has 2 fully saturated rings. The SMILES string of the molecule is CCCC1CC[C@@H]2CC(c3ccc4c(F)c(C(=O)OC)ccc4c3)CC[C@H]2C1. The molecular weight excluding hydrogens is 351 g/mol. The van der Waals surface area contributed by atoms with Gasteiger partial charge in [-0.2, -0.15) is 0 Å². The Morgan fingerprint density at radius 3 is 2.64 bits per heavy atom. The summed E-state index contributed by atoms with van der Waals surface area (Å²) in [6, 6.07) is 9.43. The molecule has 28 heavy (non-hydrogen) atoms. The fraction of sp³-hybridized carbons (Fsp3) is 0.560. The van der Waals surface area contributed by atoms with Gasteiger partial charge in [-0.25, -0.2) is 9.18 Å². The Morgan fingerprint density at radius 1 is 1.07 bits per heavy atom. The smallest absolute Gasteiger partial charge is 0.340 e. The van der Waals surface area contributed by atoms with Crippen molar-refractivity contribution in [1.29, 1.82) is 0 Å². The van der Waals surface area contributed by atoms with Crippen LogP contribution in [-0.2, 0) is 4.74 Å². The molecule has 0 radical (unpaired) electrons. The lowest BCUT2D eigenvalue weighted by atomic mass is 9.63. The number of halogens is 1. The van der Waals surface area contributed by atoms with Gasteiger partial charge in [-0.15, -0.1) is 0 Å². The topological polar surface area (TPSA) is 26.3 Å². The summed E-state index contributed by atoms with van der Waals surface area (Å²) >= 11 is 0. The van der Waals surface area contributed by atoms with Crippen LogP contribution in [0.1, 0.15) is 80.1 Å². The van der Waals surface area contributed by atoms with E-state index in [1.54, 1.807) is 6.07 Å². The van der Waals surface area contributed by atoms with Crippen LogP contribution in [0.15, 0.2) is 30.3 Å². The van der Waals surface area contributed by atoms with Crippen LogP contribution in [0.3, 0.4) is 0 Å². The number of ether oxygens (including phenoxy) is 1. The molecule has 0 heterocycles. The Morgan fingerprint density at radius 2 is 1.86 bits per heavy atom. The third-order valence-electron chi connectivity index (χ3n) is 7.27. The summed E-state index contributed by atoms with van der Waals surface area (Å²) in [6.45, 7) is 2.31. The highest BCUT2D eigenvalue weighted by atomic mass is 19.1. The molecule has 2 nitrogen and oxygen atoms in total. The van der Waals surface area contributed by atoms with Crippen LogP contribution in [-0.4, -0.2) is 13.1 Å². The zero-order valence-corrected chi connectivity index (χ0v) is 17.0. The molecule has 150 valence electrons. The lowest BCUT2D eigenvalue weighted by Crippen LogP contribution is -2.30. The van der Waals surface area contributed by atoms with Gasteiger partial charge in [0, 0.05) is 5.39 Å². The summed E-state index contributed by atoms with van der Waals surface area (Å²) in [5.41, 5.74) is 1.33. The largest absolute Gasteiger partial charge is 0.465 e. The van der Waals surface area contributed by atoms with E-state index in [-0.39, 0.29) is 5.56 Å². The van der Waals surface area contributed by atoms with Crippen molar-refractivity contribution < 1.29 is 13.9 Å². The Labute approximate surface area is 167 Å². The highest BCUT2D eigenvalue weighted by Crippen LogP contribution is 2.48. The van der Waals surface area contributed by atoms with Gasteiger partial charge in [-0.1, -0.05) is 50.5 Å². The quantitative estimate of drug-likeness (QED) is 0.540. The summed E-state index contributed by atoms with van der Waals surface area (Å²) in [4.78, 5) is 11.7. The monoisotopic (exact) mass is 382 g/mol. The van der Waals surface area contributed by atoms with Crippen LogP contribution >= 0.6 is 0 Å². The van der Waals surface area contributed by atoms with E-state index in [2.05, 4.69) is 23.8 Å². The van der Waals surface area contributed by atoms with Crippen molar-refractivity contribution in [3.8, 4) is 0 Å². The molecule has 3 heteroatoms. The van der Waals surface area contributed by atoms with Crippen LogP contribution in [0.25, 0.3) is 10.8 Å². The number of methoxy groups -OCH3 is 1. The first-order valence-corrected chi connectivity index (χ1v) is 10.9. The number of hydrogen-bond donors (Lipinski definition) is 0. The first-order chi connectivity index (χ1) is 13.6. The van der Waals surface area contributed by atoms with Gasteiger partial charge in [-0.05, 0) is 72.8 Å². The van der Waals surface area contributed by atoms with Crippen molar-refractivity contribution in [3.05, 3.63) is 47.3 Å². The molecule has 0 amide bonds. The van der Waals surface area contributed by atoms with Crippen LogP contribution in [0.4, 0.5) is 4.39 Å². The number of esters is 1. The van der Waals surface area contributed by atoms with Crippen LogP contribution in [0.5, 0.6) is 0 Å². The predicted octanol–water partition coefficient (Wildman–Crippen LogP) is 6.87. The predicted molar refractivity (Wildman–Crippen MR) is 111 cm³/mol. The minimum absolute atomic E-state index is 0.00657. The minimum atomic E-state index is -0.625. The molecule has 0 N–H and O–H groups in total. The molecule has 2 aromatic carbocycles. The van der Waals surface area contributed by atoms with Gasteiger partial charge in [0.2, 0.25) is 0 Å². The Kier molecular flexibility index (Phi) is 5.70. The maximum atomic E-state index is 14.7. The van der Waals surface area contributed by atoms with Crippen molar-refractivity contribution in [2.45, 2.75) is 64.2 Å². The minimum Gasteiger partial charge on any atom is -0.465 e. The van der Waals surface area contributed by atoms with E-state index in [1.807, 2.05) is 12.1 Å². The maximum Gasteiger partial charge on any atom is 0.340 e. The molecule has 0 aromatic heterocycles. The van der Waals surface area contributed by atoms with Gasteiger partial charge in [0.15, 0.2) is 0 Å². The average molecular weight is 383 g/mol. The molecule has 4 atom stereocenters. The van der Waals surface area contributed by atoms with Gasteiger partial charge in [0.25, 0.3) is 0 Å². The molecular formula is C25H31FO2. The molecule has 2 aromatic rings. The zero-order valence-electron chi connectivity index (χ0n) is 17.0. The normalized spacial score (nSPS) is 27.4. The molecule has 0 saturated heterocycles. The molecule has 0 bridgehead atoms. The first kappa shape index (κ1) is 19.4. The molecule has 4 rings (SSSR count). The Bertz CT molecular complexity index is 859. The summed E-state index contributed by atoms with van der Waals surface area (Å²) in [5, 5.41) is 1.37. The number of carbonyl (C=O) groups is 1. The molecule has 2 saturated carbocycles. The molecule has 2 aliphatic carbocycles. The summed E-state index contributed by atoms with van der Waals surface area (Å²) in [6.07, 6.45) is 10.8. The first-order valence-electron chi connectivity index (χ1n) is 10.9. The van der Waals surface area contributed by atoms with E-state index in [4.69, 9.17) is 0 Å². The maximum absolute atomic E-state index is 14.7. The lowest BCUT2D eigenvalue weighted by Gasteiger charge is -2.42. The molecule has 0 spiro atoms. The van der Waals surface area contributed by atoms with Gasteiger partial charge >= 0.3 is 5.97 Å². The van der Waals surface area contributed by atoms with E-state index in [1.165, 1.54) is 64.0 Å². The van der Waals surface area contributed by atoms with E-state index < -0.39 is 11.8 Å². The third-order valence-corrected chi connectivity index (χ3v) is 7.27. The second kappa shape index (κ2) is 8.23. The van der Waals surface area contributed by atoms with Crippen LogP contribution < -0.4 is 0 Å². The van der Waals surface area contributed by atoms with Gasteiger partial charge in [0.1, 0.15) is 5.82 Å². The third kappa shape index (κ3) is 3.68. The van der Waals surface area contributed by atoms with E-state index in [0.717, 1.165) is 23.1 Å². The number of rotatable bonds is 4. The van der Waals surface area contributed by atoms with Gasteiger partial charge in [0.05, 0.1) is 12.7 Å². The van der Waals surface area contributed by atoms with E-state index >= 15 is 0 Å². The second-order valence-electron chi connectivity index (χ2n) is 8.90. The standard InChI is InChI=1S/C25H31FO2/c1-3-4-16-5-6-18-14-19(8-7-17(18)13-16)20-9-11-22-21(15-20)10-12-23(24(22)26)25(27)28-2/h9-12,15-19H,3-8,13-14H2,1-2H3/t16?,17-,18+,19?/m0/s1. The number of carbonyl (C=O) groups excluding carboxylic acids is 1. The average Bonchev–Trinajstić information content (AvgIpc) is 2.73. The second-order valence-corrected chi connectivity index (χ2v) is 8.90. The Hall–Kier alpha value is -1.90. The van der Waals surface area contributed by atoms with Crippen molar-refractivity contribution in [1.82, 2.24) is 0 Å². The summed E-state index contributed by atoms with van der Waals surface area (Å²) in [5.74, 6) is 2.21. The summed E-state index contributed by atoms with van der Waals surface area (Å²) in [7, 11) is 1.28. The Balaban J connectivity index is 1.52. The van der Waals surface area contributed by atoms with Crippen LogP contribution in [0.2, 0.25) is 0 Å². The summed E-state index contributed by atoms with van der Waals surface area (Å²) < 4.78 is 19.4. The van der Waals surface area contributed by atoms with Crippen molar-refractivity contribution >= 4 is 16.7 Å².